The average Bonchev–Trinajstić information content (AvgIpc) is 3.28. The van der Waals surface area contributed by atoms with Crippen LogP contribution in [-0.4, -0.2) is 35.6 Å². The van der Waals surface area contributed by atoms with Gasteiger partial charge in [0.25, 0.3) is 5.69 Å². The van der Waals surface area contributed by atoms with Gasteiger partial charge in [-0.2, -0.15) is 0 Å². The largest absolute Gasteiger partial charge is 0.466 e. The first-order chi connectivity index (χ1) is 10.5. The van der Waals surface area contributed by atoms with E-state index in [1.807, 2.05) is 4.90 Å². The summed E-state index contributed by atoms with van der Waals surface area (Å²) in [6.45, 7) is 3.27. The van der Waals surface area contributed by atoms with Crippen molar-refractivity contribution in [2.45, 2.75) is 26.2 Å². The standard InChI is InChI=1S/C14H18ClN3O4/c1-2-22-13(19)5-6-17(9-10-3-4-10)14-12(15)7-11(8-16-14)18(20)21/h7-8,10H,2-6,9H2,1H3. The number of carbonyl (C=O) groups is 1. The maximum Gasteiger partial charge on any atom is 0.307 e. The third kappa shape index (κ3) is 4.56. The van der Waals surface area contributed by atoms with E-state index in [4.69, 9.17) is 16.3 Å². The topological polar surface area (TPSA) is 85.6 Å². The zero-order valence-electron chi connectivity index (χ0n) is 12.3. The summed E-state index contributed by atoms with van der Waals surface area (Å²) in [6.07, 6.45) is 3.70. The molecule has 0 aliphatic heterocycles. The summed E-state index contributed by atoms with van der Waals surface area (Å²) in [5.74, 6) is 0.764. The van der Waals surface area contributed by atoms with Gasteiger partial charge in [0.05, 0.1) is 23.0 Å². The zero-order chi connectivity index (χ0) is 16.1. The van der Waals surface area contributed by atoms with E-state index in [-0.39, 0.29) is 23.1 Å². The van der Waals surface area contributed by atoms with Crippen molar-refractivity contribution in [1.82, 2.24) is 4.98 Å². The minimum Gasteiger partial charge on any atom is -0.466 e. The summed E-state index contributed by atoms with van der Waals surface area (Å²) in [4.78, 5) is 27.7. The Balaban J connectivity index is 2.10. The average molecular weight is 328 g/mol. The predicted octanol–water partition coefficient (Wildman–Crippen LogP) is 2.81. The van der Waals surface area contributed by atoms with Gasteiger partial charge in [0.15, 0.2) is 0 Å². The van der Waals surface area contributed by atoms with Crippen LogP contribution in [0.1, 0.15) is 26.2 Å². The fraction of sp³-hybridized carbons (Fsp3) is 0.571. The molecule has 1 aromatic rings. The van der Waals surface area contributed by atoms with Gasteiger partial charge in [-0.25, -0.2) is 4.98 Å². The van der Waals surface area contributed by atoms with Crippen molar-refractivity contribution in [3.05, 3.63) is 27.4 Å². The van der Waals surface area contributed by atoms with E-state index in [2.05, 4.69) is 4.98 Å². The van der Waals surface area contributed by atoms with Crippen LogP contribution in [0.3, 0.4) is 0 Å². The molecule has 0 aromatic carbocycles. The Morgan fingerprint density at radius 3 is 2.86 bits per heavy atom. The lowest BCUT2D eigenvalue weighted by atomic mass is 10.3. The third-order valence-corrected chi connectivity index (χ3v) is 3.66. The Labute approximate surface area is 133 Å². The van der Waals surface area contributed by atoms with Gasteiger partial charge in [-0.1, -0.05) is 11.6 Å². The van der Waals surface area contributed by atoms with E-state index >= 15 is 0 Å². The molecule has 1 aliphatic carbocycles. The number of carbonyl (C=O) groups excluding carboxylic acids is 1. The van der Waals surface area contributed by atoms with Crippen LogP contribution in [0.15, 0.2) is 12.3 Å². The van der Waals surface area contributed by atoms with Crippen LogP contribution in [0.25, 0.3) is 0 Å². The van der Waals surface area contributed by atoms with Gasteiger partial charge in [-0.05, 0) is 25.7 Å². The summed E-state index contributed by atoms with van der Waals surface area (Å²) < 4.78 is 4.92. The van der Waals surface area contributed by atoms with Gasteiger partial charge in [0, 0.05) is 19.2 Å². The zero-order valence-corrected chi connectivity index (χ0v) is 13.1. The highest BCUT2D eigenvalue weighted by Crippen LogP contribution is 2.34. The third-order valence-electron chi connectivity index (χ3n) is 3.38. The molecule has 1 aromatic heterocycles. The maximum atomic E-state index is 11.5. The second-order valence-corrected chi connectivity index (χ2v) is 5.61. The Bertz CT molecular complexity index is 563. The fourth-order valence-electron chi connectivity index (χ4n) is 2.11. The number of pyridine rings is 1. The number of halogens is 1. The Morgan fingerprint density at radius 1 is 1.59 bits per heavy atom. The SMILES string of the molecule is CCOC(=O)CCN(CC1CC1)c1ncc([N+](=O)[O-])cc1Cl. The molecular weight excluding hydrogens is 310 g/mol. The van der Waals surface area contributed by atoms with Gasteiger partial charge in [0.2, 0.25) is 0 Å². The van der Waals surface area contributed by atoms with Crippen molar-refractivity contribution >= 4 is 29.1 Å². The Kier molecular flexibility index (Phi) is 5.54. The molecular formula is C14H18ClN3O4. The van der Waals surface area contributed by atoms with E-state index in [9.17, 15) is 14.9 Å². The summed E-state index contributed by atoms with van der Waals surface area (Å²) in [5.41, 5.74) is -0.148. The number of aromatic nitrogens is 1. The molecule has 2 rings (SSSR count). The van der Waals surface area contributed by atoms with E-state index in [1.165, 1.54) is 12.3 Å². The quantitative estimate of drug-likeness (QED) is 0.414. The highest BCUT2D eigenvalue weighted by atomic mass is 35.5. The molecule has 7 nitrogen and oxygen atoms in total. The molecule has 0 spiro atoms. The lowest BCUT2D eigenvalue weighted by Gasteiger charge is -2.24. The first-order valence-corrected chi connectivity index (χ1v) is 7.59. The molecule has 1 fully saturated rings. The first kappa shape index (κ1) is 16.5. The second kappa shape index (κ2) is 7.40. The highest BCUT2D eigenvalue weighted by Gasteiger charge is 2.27. The van der Waals surface area contributed by atoms with Crippen molar-refractivity contribution in [3.8, 4) is 0 Å². The van der Waals surface area contributed by atoms with Crippen LogP contribution in [0.4, 0.5) is 11.5 Å². The molecule has 0 bridgehead atoms. The number of hydrogen-bond donors (Lipinski definition) is 0. The molecule has 0 amide bonds. The number of rotatable bonds is 8. The summed E-state index contributed by atoms with van der Waals surface area (Å²) in [5, 5.41) is 11.0. The summed E-state index contributed by atoms with van der Waals surface area (Å²) in [7, 11) is 0. The van der Waals surface area contributed by atoms with Gasteiger partial charge >= 0.3 is 5.97 Å². The minimum absolute atomic E-state index is 0.148. The smallest absolute Gasteiger partial charge is 0.307 e. The van der Waals surface area contributed by atoms with Crippen molar-refractivity contribution in [2.24, 2.45) is 5.92 Å². The molecule has 1 saturated carbocycles. The second-order valence-electron chi connectivity index (χ2n) is 5.20. The maximum absolute atomic E-state index is 11.5. The van der Waals surface area contributed by atoms with Gasteiger partial charge in [-0.15, -0.1) is 0 Å². The van der Waals surface area contributed by atoms with Crippen LogP contribution in [0.2, 0.25) is 5.02 Å². The molecule has 0 radical (unpaired) electrons. The molecule has 0 unspecified atom stereocenters. The number of esters is 1. The molecule has 22 heavy (non-hydrogen) atoms. The summed E-state index contributed by atoms with van der Waals surface area (Å²) >= 11 is 6.12. The van der Waals surface area contributed by atoms with Crippen molar-refractivity contribution in [3.63, 3.8) is 0 Å². The van der Waals surface area contributed by atoms with Crippen LogP contribution >= 0.6 is 11.6 Å². The van der Waals surface area contributed by atoms with E-state index in [0.717, 1.165) is 19.4 Å². The van der Waals surface area contributed by atoms with Crippen LogP contribution in [0.5, 0.6) is 0 Å². The van der Waals surface area contributed by atoms with Gasteiger partial charge in [-0.3, -0.25) is 14.9 Å². The number of anilines is 1. The van der Waals surface area contributed by atoms with Crippen molar-refractivity contribution in [2.75, 3.05) is 24.6 Å². The first-order valence-electron chi connectivity index (χ1n) is 7.21. The van der Waals surface area contributed by atoms with E-state index < -0.39 is 4.92 Å². The predicted molar refractivity (Wildman–Crippen MR) is 82.1 cm³/mol. The number of nitro groups is 1. The van der Waals surface area contributed by atoms with E-state index in [0.29, 0.717) is 24.9 Å². The highest BCUT2D eigenvalue weighted by molar-refractivity contribution is 6.33. The molecule has 1 aliphatic rings. The monoisotopic (exact) mass is 327 g/mol. The van der Waals surface area contributed by atoms with Gasteiger partial charge < -0.3 is 9.64 Å². The molecule has 1 heterocycles. The lowest BCUT2D eigenvalue weighted by Crippen LogP contribution is -2.30. The van der Waals surface area contributed by atoms with Gasteiger partial charge in [0.1, 0.15) is 12.0 Å². The number of nitrogens with zero attached hydrogens (tertiary/aromatic N) is 3. The molecule has 0 saturated heterocycles. The number of hydrogen-bond acceptors (Lipinski definition) is 6. The molecule has 0 N–H and O–H groups in total. The van der Waals surface area contributed by atoms with Crippen molar-refractivity contribution < 1.29 is 14.5 Å². The molecule has 0 atom stereocenters. The number of ether oxygens (including phenoxy) is 1. The Hall–Kier alpha value is -1.89. The van der Waals surface area contributed by atoms with Crippen molar-refractivity contribution in [1.29, 1.82) is 0 Å². The minimum atomic E-state index is -0.535. The normalized spacial score (nSPS) is 13.7. The van der Waals surface area contributed by atoms with Crippen LogP contribution < -0.4 is 4.90 Å². The van der Waals surface area contributed by atoms with Crippen LogP contribution in [0, 0.1) is 16.0 Å². The molecule has 8 heteroatoms. The van der Waals surface area contributed by atoms with Crippen LogP contribution in [-0.2, 0) is 9.53 Å². The summed E-state index contributed by atoms with van der Waals surface area (Å²) in [6, 6.07) is 1.29. The fourth-order valence-corrected chi connectivity index (χ4v) is 2.39. The van der Waals surface area contributed by atoms with E-state index in [1.54, 1.807) is 6.92 Å². The molecule has 120 valence electrons. The lowest BCUT2D eigenvalue weighted by molar-refractivity contribution is -0.385. The Morgan fingerprint density at radius 2 is 2.32 bits per heavy atom.